The van der Waals surface area contributed by atoms with Crippen LogP contribution in [-0.2, 0) is 4.79 Å². The van der Waals surface area contributed by atoms with E-state index in [2.05, 4.69) is 5.32 Å². The van der Waals surface area contributed by atoms with Crippen molar-refractivity contribution in [3.05, 3.63) is 60.4 Å². The molecule has 0 aliphatic carbocycles. The highest BCUT2D eigenvalue weighted by atomic mass is 19.1. The lowest BCUT2D eigenvalue weighted by atomic mass is 10.3. The molecular formula is C19H22FNO3. The van der Waals surface area contributed by atoms with Gasteiger partial charge in [0.05, 0.1) is 6.61 Å². The molecule has 1 unspecified atom stereocenters. The van der Waals surface area contributed by atoms with Crippen LogP contribution in [-0.4, -0.2) is 25.2 Å². The summed E-state index contributed by atoms with van der Waals surface area (Å²) < 4.78 is 23.8. The molecule has 5 heteroatoms. The van der Waals surface area contributed by atoms with E-state index < -0.39 is 6.10 Å². The van der Waals surface area contributed by atoms with E-state index in [0.717, 1.165) is 12.8 Å². The van der Waals surface area contributed by atoms with E-state index in [0.29, 0.717) is 24.7 Å². The Hall–Kier alpha value is -2.56. The van der Waals surface area contributed by atoms with Crippen LogP contribution >= 0.6 is 0 Å². The minimum Gasteiger partial charge on any atom is -0.494 e. The van der Waals surface area contributed by atoms with Crippen LogP contribution in [0.2, 0.25) is 0 Å². The highest BCUT2D eigenvalue weighted by Gasteiger charge is 2.13. The highest BCUT2D eigenvalue weighted by molar-refractivity contribution is 5.80. The molecule has 2 rings (SSSR count). The largest absolute Gasteiger partial charge is 0.494 e. The van der Waals surface area contributed by atoms with Gasteiger partial charge in [0.25, 0.3) is 5.91 Å². The topological polar surface area (TPSA) is 47.6 Å². The summed E-state index contributed by atoms with van der Waals surface area (Å²) in [5.74, 6) is 0.897. The van der Waals surface area contributed by atoms with E-state index in [1.165, 1.54) is 12.1 Å². The molecule has 2 aromatic rings. The molecule has 0 aliphatic heterocycles. The van der Waals surface area contributed by atoms with Crippen LogP contribution < -0.4 is 14.8 Å². The number of ether oxygens (including phenoxy) is 2. The van der Waals surface area contributed by atoms with E-state index in [-0.39, 0.29) is 11.7 Å². The van der Waals surface area contributed by atoms with Gasteiger partial charge in [0.15, 0.2) is 6.10 Å². The molecule has 0 aliphatic rings. The molecule has 4 nitrogen and oxygen atoms in total. The van der Waals surface area contributed by atoms with Crippen molar-refractivity contribution in [1.29, 1.82) is 0 Å². The van der Waals surface area contributed by atoms with E-state index in [9.17, 15) is 9.18 Å². The number of rotatable bonds is 9. The third-order valence-corrected chi connectivity index (χ3v) is 3.38. The Morgan fingerprint density at radius 3 is 2.46 bits per heavy atom. The molecule has 0 radical (unpaired) electrons. The average Bonchev–Trinajstić information content (AvgIpc) is 2.60. The predicted octanol–water partition coefficient (Wildman–Crippen LogP) is 3.57. The third kappa shape index (κ3) is 6.28. The number of hydrogen-bond acceptors (Lipinski definition) is 3. The number of halogens is 1. The second-order valence-corrected chi connectivity index (χ2v) is 5.37. The summed E-state index contributed by atoms with van der Waals surface area (Å²) in [5, 5.41) is 2.84. The van der Waals surface area contributed by atoms with Gasteiger partial charge in [-0.25, -0.2) is 4.39 Å². The van der Waals surface area contributed by atoms with Crippen LogP contribution in [0.1, 0.15) is 19.8 Å². The van der Waals surface area contributed by atoms with Gasteiger partial charge in [-0.05, 0) is 56.2 Å². The SMILES string of the molecule is CC(Oc1ccccc1)C(=O)NCCCCOc1ccc(F)cc1. The summed E-state index contributed by atoms with van der Waals surface area (Å²) in [5.41, 5.74) is 0. The molecule has 0 saturated carbocycles. The lowest BCUT2D eigenvalue weighted by molar-refractivity contribution is -0.127. The van der Waals surface area contributed by atoms with Gasteiger partial charge in [-0.3, -0.25) is 4.79 Å². The van der Waals surface area contributed by atoms with Crippen molar-refractivity contribution in [3.63, 3.8) is 0 Å². The summed E-state index contributed by atoms with van der Waals surface area (Å²) in [6, 6.07) is 15.2. The molecule has 1 N–H and O–H groups in total. The number of nitrogens with one attached hydrogen (secondary N) is 1. The van der Waals surface area contributed by atoms with Gasteiger partial charge < -0.3 is 14.8 Å². The second-order valence-electron chi connectivity index (χ2n) is 5.37. The van der Waals surface area contributed by atoms with Gasteiger partial charge in [-0.1, -0.05) is 18.2 Å². The molecule has 0 spiro atoms. The van der Waals surface area contributed by atoms with Crippen LogP contribution in [0, 0.1) is 5.82 Å². The zero-order valence-electron chi connectivity index (χ0n) is 13.7. The summed E-state index contributed by atoms with van der Waals surface area (Å²) in [6.07, 6.45) is 1.05. The van der Waals surface area contributed by atoms with E-state index in [1.54, 1.807) is 19.1 Å². The van der Waals surface area contributed by atoms with Crippen molar-refractivity contribution in [2.24, 2.45) is 0 Å². The number of unbranched alkanes of at least 4 members (excludes halogenated alkanes) is 1. The molecule has 0 bridgehead atoms. The van der Waals surface area contributed by atoms with E-state index in [4.69, 9.17) is 9.47 Å². The molecule has 1 atom stereocenters. The molecule has 0 fully saturated rings. The first kappa shape index (κ1) is 17.8. The molecule has 24 heavy (non-hydrogen) atoms. The zero-order chi connectivity index (χ0) is 17.2. The molecular weight excluding hydrogens is 309 g/mol. The molecule has 1 amide bonds. The number of carbonyl (C=O) groups excluding carboxylic acids is 1. The predicted molar refractivity (Wildman–Crippen MR) is 90.7 cm³/mol. The quantitative estimate of drug-likeness (QED) is 0.715. The van der Waals surface area contributed by atoms with Crippen LogP contribution in [0.15, 0.2) is 54.6 Å². The maximum Gasteiger partial charge on any atom is 0.260 e. The Morgan fingerprint density at radius 1 is 1.04 bits per heavy atom. The van der Waals surface area contributed by atoms with Gasteiger partial charge >= 0.3 is 0 Å². The normalized spacial score (nSPS) is 11.6. The Morgan fingerprint density at radius 2 is 1.75 bits per heavy atom. The minimum atomic E-state index is -0.539. The van der Waals surface area contributed by atoms with Crippen molar-refractivity contribution in [2.45, 2.75) is 25.9 Å². The number of carbonyl (C=O) groups is 1. The first-order chi connectivity index (χ1) is 11.6. The van der Waals surface area contributed by atoms with Crippen molar-refractivity contribution < 1.29 is 18.7 Å². The van der Waals surface area contributed by atoms with Crippen LogP contribution in [0.3, 0.4) is 0 Å². The minimum absolute atomic E-state index is 0.140. The number of benzene rings is 2. The summed E-state index contributed by atoms with van der Waals surface area (Å²) in [6.45, 7) is 2.81. The standard InChI is InChI=1S/C19H22FNO3/c1-15(24-18-7-3-2-4-8-18)19(22)21-13-5-6-14-23-17-11-9-16(20)10-12-17/h2-4,7-12,15H,5-6,13-14H2,1H3,(H,21,22). The van der Waals surface area contributed by atoms with Gasteiger partial charge in [-0.15, -0.1) is 0 Å². The summed E-state index contributed by atoms with van der Waals surface area (Å²) in [7, 11) is 0. The van der Waals surface area contributed by atoms with Gasteiger partial charge in [-0.2, -0.15) is 0 Å². The smallest absolute Gasteiger partial charge is 0.260 e. The highest BCUT2D eigenvalue weighted by Crippen LogP contribution is 2.12. The Bertz CT molecular complexity index is 616. The summed E-state index contributed by atoms with van der Waals surface area (Å²) in [4.78, 5) is 11.9. The zero-order valence-corrected chi connectivity index (χ0v) is 13.7. The van der Waals surface area contributed by atoms with Crippen LogP contribution in [0.4, 0.5) is 4.39 Å². The molecule has 128 valence electrons. The fraction of sp³-hybridized carbons (Fsp3) is 0.316. The van der Waals surface area contributed by atoms with E-state index in [1.807, 2.05) is 30.3 Å². The number of amides is 1. The second kappa shape index (κ2) is 9.55. The lowest BCUT2D eigenvalue weighted by Crippen LogP contribution is -2.36. The first-order valence-electron chi connectivity index (χ1n) is 8.03. The fourth-order valence-corrected chi connectivity index (χ4v) is 2.06. The lowest BCUT2D eigenvalue weighted by Gasteiger charge is -2.14. The Kier molecular flexibility index (Phi) is 7.08. The Labute approximate surface area is 141 Å². The van der Waals surface area contributed by atoms with Crippen molar-refractivity contribution in [1.82, 2.24) is 5.32 Å². The van der Waals surface area contributed by atoms with Crippen LogP contribution in [0.5, 0.6) is 11.5 Å². The van der Waals surface area contributed by atoms with Crippen molar-refractivity contribution in [3.8, 4) is 11.5 Å². The van der Waals surface area contributed by atoms with Crippen LogP contribution in [0.25, 0.3) is 0 Å². The number of para-hydroxylation sites is 1. The van der Waals surface area contributed by atoms with Crippen molar-refractivity contribution in [2.75, 3.05) is 13.2 Å². The summed E-state index contributed by atoms with van der Waals surface area (Å²) >= 11 is 0. The third-order valence-electron chi connectivity index (χ3n) is 3.38. The Balaban J connectivity index is 1.56. The molecule has 0 aromatic heterocycles. The first-order valence-corrected chi connectivity index (χ1v) is 8.03. The maximum absolute atomic E-state index is 12.7. The monoisotopic (exact) mass is 331 g/mol. The fourth-order valence-electron chi connectivity index (χ4n) is 2.06. The molecule has 0 saturated heterocycles. The van der Waals surface area contributed by atoms with Crippen molar-refractivity contribution >= 4 is 5.91 Å². The molecule has 2 aromatic carbocycles. The van der Waals surface area contributed by atoms with Gasteiger partial charge in [0.1, 0.15) is 17.3 Å². The number of hydrogen-bond donors (Lipinski definition) is 1. The molecule has 0 heterocycles. The van der Waals surface area contributed by atoms with Gasteiger partial charge in [0.2, 0.25) is 0 Å². The van der Waals surface area contributed by atoms with Gasteiger partial charge in [0, 0.05) is 6.54 Å². The van der Waals surface area contributed by atoms with E-state index >= 15 is 0 Å². The maximum atomic E-state index is 12.7. The average molecular weight is 331 g/mol.